The van der Waals surface area contributed by atoms with E-state index in [4.69, 9.17) is 10.5 Å². The van der Waals surface area contributed by atoms with Crippen molar-refractivity contribution >= 4 is 22.6 Å². The van der Waals surface area contributed by atoms with Crippen molar-refractivity contribution in [3.05, 3.63) is 60.2 Å². The van der Waals surface area contributed by atoms with E-state index in [0.29, 0.717) is 19.0 Å². The second-order valence-electron chi connectivity index (χ2n) is 6.39. The van der Waals surface area contributed by atoms with Crippen LogP contribution in [0.4, 0.5) is 5.82 Å². The first kappa shape index (κ1) is 16.4. The summed E-state index contributed by atoms with van der Waals surface area (Å²) in [7, 11) is 0. The van der Waals surface area contributed by atoms with E-state index in [0.717, 1.165) is 17.3 Å². The minimum Gasteiger partial charge on any atom is -0.379 e. The van der Waals surface area contributed by atoms with Crippen molar-refractivity contribution in [2.75, 3.05) is 18.5 Å². The van der Waals surface area contributed by atoms with Gasteiger partial charge in [-0.2, -0.15) is 0 Å². The van der Waals surface area contributed by atoms with Gasteiger partial charge in [-0.1, -0.05) is 18.2 Å². The number of benzene rings is 1. The lowest BCUT2D eigenvalue weighted by Crippen LogP contribution is -2.30. The Morgan fingerprint density at radius 2 is 2.12 bits per heavy atom. The molecule has 7 nitrogen and oxygen atoms in total. The molecule has 2 atom stereocenters. The molecule has 7 heteroatoms. The number of hydrogen-bond acceptors (Lipinski definition) is 6. The first-order chi connectivity index (χ1) is 12.7. The monoisotopic (exact) mass is 349 g/mol. The smallest absolute Gasteiger partial charge is 0.268 e. The molecule has 26 heavy (non-hydrogen) atoms. The van der Waals surface area contributed by atoms with Gasteiger partial charge in [0, 0.05) is 17.5 Å². The highest BCUT2D eigenvalue weighted by Crippen LogP contribution is 2.25. The summed E-state index contributed by atoms with van der Waals surface area (Å²) in [4.78, 5) is 23.9. The second kappa shape index (κ2) is 7.05. The Bertz CT molecular complexity index is 941. The summed E-state index contributed by atoms with van der Waals surface area (Å²) in [6, 6.07) is 10.3. The minimum absolute atomic E-state index is 0.0827. The van der Waals surface area contributed by atoms with Crippen LogP contribution in [0.15, 0.2) is 48.9 Å². The fourth-order valence-electron chi connectivity index (χ4n) is 3.32. The molecule has 3 aromatic rings. The number of aromatic nitrogens is 3. The Morgan fingerprint density at radius 3 is 3.00 bits per heavy atom. The maximum Gasteiger partial charge on any atom is 0.268 e. The summed E-state index contributed by atoms with van der Waals surface area (Å²) in [6.45, 7) is 1.24. The number of para-hydroxylation sites is 1. The molecule has 1 aliphatic heterocycles. The number of amides is 1. The van der Waals surface area contributed by atoms with Gasteiger partial charge in [0.25, 0.3) is 5.91 Å². The van der Waals surface area contributed by atoms with Crippen LogP contribution in [0, 0.1) is 5.92 Å². The predicted molar refractivity (Wildman–Crippen MR) is 97.7 cm³/mol. The second-order valence-corrected chi connectivity index (χ2v) is 6.39. The third kappa shape index (κ3) is 3.34. The molecular formula is C19H19N5O2. The molecule has 4 rings (SSSR count). The summed E-state index contributed by atoms with van der Waals surface area (Å²) >= 11 is 0. The number of hydrogen-bond donors (Lipinski definition) is 2. The van der Waals surface area contributed by atoms with Crippen molar-refractivity contribution in [3.63, 3.8) is 0 Å². The fraction of sp³-hybridized carbons (Fsp3) is 0.263. The third-order valence-corrected chi connectivity index (χ3v) is 4.64. The molecule has 0 bridgehead atoms. The molecule has 3 N–H and O–H groups in total. The minimum atomic E-state index is -0.594. The zero-order valence-electron chi connectivity index (χ0n) is 14.1. The molecule has 0 radical (unpaired) electrons. The Balaban J connectivity index is 1.53. The number of nitrogens with two attached hydrogens (primary N) is 1. The van der Waals surface area contributed by atoms with Crippen molar-refractivity contribution < 1.29 is 9.53 Å². The Labute approximate surface area is 150 Å². The van der Waals surface area contributed by atoms with Crippen LogP contribution < -0.4 is 11.1 Å². The average molecular weight is 349 g/mol. The van der Waals surface area contributed by atoms with Crippen LogP contribution in [0.25, 0.3) is 10.9 Å². The van der Waals surface area contributed by atoms with Crippen molar-refractivity contribution in [1.82, 2.24) is 15.0 Å². The van der Waals surface area contributed by atoms with Gasteiger partial charge in [0.05, 0.1) is 37.2 Å². The molecule has 1 saturated heterocycles. The number of rotatable bonds is 5. The number of carbonyl (C=O) groups is 1. The van der Waals surface area contributed by atoms with Gasteiger partial charge < -0.3 is 15.8 Å². The maximum atomic E-state index is 11.3. The molecule has 1 fully saturated rings. The van der Waals surface area contributed by atoms with E-state index < -0.39 is 5.91 Å². The zero-order valence-corrected chi connectivity index (χ0v) is 14.1. The van der Waals surface area contributed by atoms with Crippen molar-refractivity contribution in [2.24, 2.45) is 11.7 Å². The van der Waals surface area contributed by atoms with Gasteiger partial charge in [-0.25, -0.2) is 4.98 Å². The van der Waals surface area contributed by atoms with E-state index in [1.165, 1.54) is 11.8 Å². The first-order valence-electron chi connectivity index (χ1n) is 8.49. The molecule has 1 aromatic carbocycles. The van der Waals surface area contributed by atoms with Gasteiger partial charge in [-0.05, 0) is 24.1 Å². The molecule has 132 valence electrons. The van der Waals surface area contributed by atoms with Crippen LogP contribution in [-0.2, 0) is 11.2 Å². The summed E-state index contributed by atoms with van der Waals surface area (Å²) < 4.78 is 5.69. The average Bonchev–Trinajstić information content (AvgIpc) is 3.09. The Hall–Kier alpha value is -3.06. The number of pyridine rings is 1. The van der Waals surface area contributed by atoms with Crippen LogP contribution in [0.5, 0.6) is 0 Å². The van der Waals surface area contributed by atoms with E-state index in [2.05, 4.69) is 32.4 Å². The number of nitrogens with zero attached hydrogens (tertiary/aromatic N) is 3. The summed E-state index contributed by atoms with van der Waals surface area (Å²) in [5.41, 5.74) is 7.66. The van der Waals surface area contributed by atoms with Crippen molar-refractivity contribution in [1.29, 1.82) is 0 Å². The first-order valence-corrected chi connectivity index (χ1v) is 8.49. The molecule has 0 spiro atoms. The van der Waals surface area contributed by atoms with Gasteiger partial charge in [-0.15, -0.1) is 0 Å². The number of anilines is 1. The molecule has 0 aliphatic carbocycles. The number of nitrogens with one attached hydrogen (secondary N) is 1. The van der Waals surface area contributed by atoms with Crippen LogP contribution in [-0.4, -0.2) is 40.1 Å². The van der Waals surface area contributed by atoms with E-state index >= 15 is 0 Å². The highest BCUT2D eigenvalue weighted by Gasteiger charge is 2.29. The lowest BCUT2D eigenvalue weighted by atomic mass is 9.93. The van der Waals surface area contributed by atoms with Crippen molar-refractivity contribution in [3.8, 4) is 0 Å². The van der Waals surface area contributed by atoms with Gasteiger partial charge in [0.1, 0.15) is 11.5 Å². The third-order valence-electron chi connectivity index (χ3n) is 4.64. The lowest BCUT2D eigenvalue weighted by Gasteiger charge is -2.20. The van der Waals surface area contributed by atoms with Crippen LogP contribution in [0.3, 0.4) is 0 Å². The molecule has 2 aromatic heterocycles. The lowest BCUT2D eigenvalue weighted by molar-refractivity contribution is 0.0995. The zero-order chi connectivity index (χ0) is 17.9. The number of primary amides is 1. The van der Waals surface area contributed by atoms with Crippen molar-refractivity contribution in [2.45, 2.75) is 12.5 Å². The summed E-state index contributed by atoms with van der Waals surface area (Å²) in [6.07, 6.45) is 5.66. The maximum absolute atomic E-state index is 11.3. The molecule has 1 aliphatic rings. The quantitative estimate of drug-likeness (QED) is 0.728. The topological polar surface area (TPSA) is 103 Å². The predicted octanol–water partition coefficient (Wildman–Crippen LogP) is 1.79. The van der Waals surface area contributed by atoms with Crippen LogP contribution in [0.1, 0.15) is 16.1 Å². The number of carbonyl (C=O) groups excluding carboxylic acids is 1. The van der Waals surface area contributed by atoms with Crippen LogP contribution in [0.2, 0.25) is 0 Å². The van der Waals surface area contributed by atoms with E-state index in [1.54, 1.807) is 6.20 Å². The van der Waals surface area contributed by atoms with Crippen LogP contribution >= 0.6 is 0 Å². The number of ether oxygens (including phenoxy) is 1. The fourth-order valence-corrected chi connectivity index (χ4v) is 3.32. The van der Waals surface area contributed by atoms with Gasteiger partial charge in [-0.3, -0.25) is 14.8 Å². The summed E-state index contributed by atoms with van der Waals surface area (Å²) in [5.74, 6) is 0.213. The molecule has 3 heterocycles. The van der Waals surface area contributed by atoms with Gasteiger partial charge in [0.2, 0.25) is 0 Å². The van der Waals surface area contributed by atoms with Gasteiger partial charge in [0.15, 0.2) is 0 Å². The number of fused-ring (bicyclic) bond motifs is 1. The Morgan fingerprint density at radius 1 is 1.23 bits per heavy atom. The van der Waals surface area contributed by atoms with E-state index in [-0.39, 0.29) is 17.7 Å². The molecule has 0 saturated carbocycles. The van der Waals surface area contributed by atoms with E-state index in [1.807, 2.05) is 24.4 Å². The summed E-state index contributed by atoms with van der Waals surface area (Å²) in [5, 5.41) is 4.50. The molecule has 0 unspecified atom stereocenters. The highest BCUT2D eigenvalue weighted by atomic mass is 16.5. The molecular weight excluding hydrogens is 330 g/mol. The Kier molecular flexibility index (Phi) is 4.45. The standard InChI is InChI=1S/C19H19N5O2/c20-19(25)16-8-21-9-18(23-16)24-17-11-26-10-13(17)7-12-5-6-22-15-4-2-1-3-14(12)15/h1-6,8-9,13,17H,7,10-11H2,(H2,20,25)(H,23,24)/t13-,17-/m1/s1. The molecule has 1 amide bonds. The largest absolute Gasteiger partial charge is 0.379 e. The van der Waals surface area contributed by atoms with E-state index in [9.17, 15) is 4.79 Å². The van der Waals surface area contributed by atoms with Gasteiger partial charge >= 0.3 is 0 Å². The normalized spacial score (nSPS) is 19.5. The SMILES string of the molecule is NC(=O)c1cncc(N[C@@H]2COC[C@H]2Cc2ccnc3ccccc23)n1. The highest BCUT2D eigenvalue weighted by molar-refractivity contribution is 5.90.